The van der Waals surface area contributed by atoms with E-state index >= 15 is 0 Å². The van der Waals surface area contributed by atoms with Crippen LogP contribution >= 0.6 is 0 Å². The molecule has 1 aromatic rings. The van der Waals surface area contributed by atoms with E-state index in [4.69, 9.17) is 9.47 Å². The van der Waals surface area contributed by atoms with Crippen molar-refractivity contribution in [3.63, 3.8) is 0 Å². The van der Waals surface area contributed by atoms with E-state index in [0.717, 1.165) is 31.5 Å². The number of amides is 1. The van der Waals surface area contributed by atoms with Gasteiger partial charge in [0.2, 0.25) is 5.88 Å². The molecule has 1 aromatic heterocycles. The van der Waals surface area contributed by atoms with Crippen LogP contribution in [0.5, 0.6) is 5.88 Å². The standard InChI is InChI=1S/C14H20N2O3/c1-18-13-11-12(5-7-15-13)6-10-19-14(17)16-8-3-2-4-9-16/h5,7,11H,2-4,6,8-10H2,1H3. The molecule has 104 valence electrons. The van der Waals surface area contributed by atoms with E-state index in [1.54, 1.807) is 18.2 Å². The summed E-state index contributed by atoms with van der Waals surface area (Å²) in [5.41, 5.74) is 1.05. The highest BCUT2D eigenvalue weighted by molar-refractivity contribution is 5.67. The van der Waals surface area contributed by atoms with Gasteiger partial charge in [0.25, 0.3) is 0 Å². The van der Waals surface area contributed by atoms with Crippen LogP contribution in [-0.4, -0.2) is 42.8 Å². The van der Waals surface area contributed by atoms with Crippen LogP contribution in [0.3, 0.4) is 0 Å². The average molecular weight is 264 g/mol. The van der Waals surface area contributed by atoms with Gasteiger partial charge in [0.15, 0.2) is 0 Å². The minimum absolute atomic E-state index is 0.194. The Morgan fingerprint density at radius 2 is 2.16 bits per heavy atom. The first kappa shape index (κ1) is 13.6. The summed E-state index contributed by atoms with van der Waals surface area (Å²) < 4.78 is 10.3. The number of piperidine rings is 1. The maximum absolute atomic E-state index is 11.8. The molecule has 1 saturated heterocycles. The molecule has 0 radical (unpaired) electrons. The molecular weight excluding hydrogens is 244 g/mol. The van der Waals surface area contributed by atoms with Gasteiger partial charge in [0.1, 0.15) is 0 Å². The smallest absolute Gasteiger partial charge is 0.409 e. The van der Waals surface area contributed by atoms with Gasteiger partial charge in [0.05, 0.1) is 13.7 Å². The Hall–Kier alpha value is -1.78. The number of rotatable bonds is 4. The molecule has 0 aromatic carbocycles. The van der Waals surface area contributed by atoms with Crippen molar-refractivity contribution in [2.24, 2.45) is 0 Å². The minimum atomic E-state index is -0.194. The van der Waals surface area contributed by atoms with Crippen LogP contribution < -0.4 is 4.74 Å². The Labute approximate surface area is 113 Å². The number of hydrogen-bond donors (Lipinski definition) is 0. The zero-order valence-corrected chi connectivity index (χ0v) is 11.3. The molecule has 1 aliphatic rings. The molecule has 0 spiro atoms. The third-order valence-electron chi connectivity index (χ3n) is 3.24. The third-order valence-corrected chi connectivity index (χ3v) is 3.24. The molecule has 2 rings (SSSR count). The molecule has 0 aliphatic carbocycles. The summed E-state index contributed by atoms with van der Waals surface area (Å²) in [5, 5.41) is 0. The monoisotopic (exact) mass is 264 g/mol. The molecule has 1 aliphatic heterocycles. The van der Waals surface area contributed by atoms with Crippen LogP contribution in [0.1, 0.15) is 24.8 Å². The summed E-state index contributed by atoms with van der Waals surface area (Å²) in [7, 11) is 1.59. The van der Waals surface area contributed by atoms with Gasteiger partial charge in [-0.25, -0.2) is 9.78 Å². The van der Waals surface area contributed by atoms with Gasteiger partial charge in [-0.05, 0) is 30.9 Å². The van der Waals surface area contributed by atoms with Crippen molar-refractivity contribution in [1.82, 2.24) is 9.88 Å². The summed E-state index contributed by atoms with van der Waals surface area (Å²) >= 11 is 0. The summed E-state index contributed by atoms with van der Waals surface area (Å²) in [6.45, 7) is 2.03. The van der Waals surface area contributed by atoms with Crippen LogP contribution in [0.4, 0.5) is 4.79 Å². The maximum atomic E-state index is 11.8. The van der Waals surface area contributed by atoms with Gasteiger partial charge in [-0.15, -0.1) is 0 Å². The largest absolute Gasteiger partial charge is 0.481 e. The van der Waals surface area contributed by atoms with E-state index in [9.17, 15) is 4.79 Å². The zero-order valence-electron chi connectivity index (χ0n) is 11.3. The second-order valence-corrected chi connectivity index (χ2v) is 4.62. The van der Waals surface area contributed by atoms with E-state index in [-0.39, 0.29) is 6.09 Å². The van der Waals surface area contributed by atoms with Crippen molar-refractivity contribution in [1.29, 1.82) is 0 Å². The van der Waals surface area contributed by atoms with Crippen molar-refractivity contribution in [3.8, 4) is 5.88 Å². The maximum Gasteiger partial charge on any atom is 0.409 e. The molecule has 0 atom stereocenters. The highest BCUT2D eigenvalue weighted by Gasteiger charge is 2.17. The predicted molar refractivity (Wildman–Crippen MR) is 71.3 cm³/mol. The molecule has 5 heteroatoms. The van der Waals surface area contributed by atoms with E-state index in [0.29, 0.717) is 18.9 Å². The molecule has 1 amide bonds. The Morgan fingerprint density at radius 1 is 1.37 bits per heavy atom. The topological polar surface area (TPSA) is 51.7 Å². The summed E-state index contributed by atoms with van der Waals surface area (Å²) in [6.07, 6.45) is 5.55. The van der Waals surface area contributed by atoms with Crippen LogP contribution in [-0.2, 0) is 11.2 Å². The number of carbonyl (C=O) groups is 1. The number of carbonyl (C=O) groups excluding carboxylic acids is 1. The van der Waals surface area contributed by atoms with Crippen LogP contribution in [0, 0.1) is 0 Å². The quantitative estimate of drug-likeness (QED) is 0.837. The van der Waals surface area contributed by atoms with Crippen molar-refractivity contribution in [2.75, 3.05) is 26.8 Å². The second kappa shape index (κ2) is 6.97. The van der Waals surface area contributed by atoms with E-state index < -0.39 is 0 Å². The summed E-state index contributed by atoms with van der Waals surface area (Å²) in [4.78, 5) is 17.6. The van der Waals surface area contributed by atoms with Gasteiger partial charge >= 0.3 is 6.09 Å². The van der Waals surface area contributed by atoms with Crippen LogP contribution in [0.2, 0.25) is 0 Å². The number of likely N-dealkylation sites (tertiary alicyclic amines) is 1. The van der Waals surface area contributed by atoms with Gasteiger partial charge < -0.3 is 14.4 Å². The summed E-state index contributed by atoms with van der Waals surface area (Å²) in [5.74, 6) is 0.583. The van der Waals surface area contributed by atoms with Crippen molar-refractivity contribution in [3.05, 3.63) is 23.9 Å². The van der Waals surface area contributed by atoms with Gasteiger partial charge in [0, 0.05) is 31.8 Å². The number of hydrogen-bond acceptors (Lipinski definition) is 4. The van der Waals surface area contributed by atoms with Gasteiger partial charge in [-0.1, -0.05) is 0 Å². The zero-order chi connectivity index (χ0) is 13.5. The van der Waals surface area contributed by atoms with E-state index in [2.05, 4.69) is 4.98 Å². The Bertz CT molecular complexity index is 417. The minimum Gasteiger partial charge on any atom is -0.481 e. The molecule has 5 nitrogen and oxygen atoms in total. The van der Waals surface area contributed by atoms with Gasteiger partial charge in [-0.3, -0.25) is 0 Å². The van der Waals surface area contributed by atoms with Crippen LogP contribution in [0.15, 0.2) is 18.3 Å². The molecule has 1 fully saturated rings. The lowest BCUT2D eigenvalue weighted by atomic mass is 10.1. The molecule has 0 unspecified atom stereocenters. The first-order valence-electron chi connectivity index (χ1n) is 6.70. The molecular formula is C14H20N2O3. The molecule has 19 heavy (non-hydrogen) atoms. The molecule has 0 saturated carbocycles. The fraction of sp³-hybridized carbons (Fsp3) is 0.571. The number of nitrogens with zero attached hydrogens (tertiary/aromatic N) is 2. The highest BCUT2D eigenvalue weighted by Crippen LogP contribution is 2.11. The van der Waals surface area contributed by atoms with E-state index in [1.807, 2.05) is 12.1 Å². The SMILES string of the molecule is COc1cc(CCOC(=O)N2CCCCC2)ccn1. The molecule has 0 N–H and O–H groups in total. The fourth-order valence-electron chi connectivity index (χ4n) is 2.14. The molecule has 2 heterocycles. The lowest BCUT2D eigenvalue weighted by Crippen LogP contribution is -2.36. The lowest BCUT2D eigenvalue weighted by Gasteiger charge is -2.25. The number of aromatic nitrogens is 1. The highest BCUT2D eigenvalue weighted by atomic mass is 16.6. The van der Waals surface area contributed by atoms with Crippen molar-refractivity contribution >= 4 is 6.09 Å². The number of methoxy groups -OCH3 is 1. The third kappa shape index (κ3) is 4.12. The molecule has 0 bridgehead atoms. The fourth-order valence-corrected chi connectivity index (χ4v) is 2.14. The predicted octanol–water partition coefficient (Wildman–Crippen LogP) is 2.26. The van der Waals surface area contributed by atoms with Crippen LogP contribution in [0.25, 0.3) is 0 Å². The first-order valence-corrected chi connectivity index (χ1v) is 6.70. The normalized spacial score (nSPS) is 15.1. The number of pyridine rings is 1. The Morgan fingerprint density at radius 3 is 2.89 bits per heavy atom. The van der Waals surface area contributed by atoms with E-state index in [1.165, 1.54) is 6.42 Å². The van der Waals surface area contributed by atoms with Crippen molar-refractivity contribution < 1.29 is 14.3 Å². The van der Waals surface area contributed by atoms with Gasteiger partial charge in [-0.2, -0.15) is 0 Å². The second-order valence-electron chi connectivity index (χ2n) is 4.62. The lowest BCUT2D eigenvalue weighted by molar-refractivity contribution is 0.0962. The summed E-state index contributed by atoms with van der Waals surface area (Å²) in [6, 6.07) is 3.76. The average Bonchev–Trinajstić information content (AvgIpc) is 2.48. The number of ether oxygens (including phenoxy) is 2. The Kier molecular flexibility index (Phi) is 5.01. The first-order chi connectivity index (χ1) is 9.29. The Balaban J connectivity index is 1.74. The van der Waals surface area contributed by atoms with Crippen molar-refractivity contribution in [2.45, 2.75) is 25.7 Å².